The third-order valence-electron chi connectivity index (χ3n) is 16.8. The minimum atomic E-state index is -4.95. The van der Waals surface area contributed by atoms with Gasteiger partial charge in [0, 0.05) is 25.7 Å². The summed E-state index contributed by atoms with van der Waals surface area (Å²) >= 11 is 0. The fraction of sp³-hybridized carbons (Fsp3) is 0.943. The average Bonchev–Trinajstić information content (AvgIpc) is 3.62. The molecule has 0 aliphatic rings. The molecule has 4 unspecified atom stereocenters. The Morgan fingerprint density at radius 3 is 0.798 bits per heavy atom. The number of rotatable bonds is 67. The number of aliphatic hydroxyl groups excluding tert-OH is 1. The molecule has 3 N–H and O–H groups in total. The molecule has 528 valence electrons. The molecule has 7 atom stereocenters. The number of hydrogen-bond donors (Lipinski definition) is 3. The highest BCUT2D eigenvalue weighted by Crippen LogP contribution is 2.45. The number of carbonyl (C=O) groups is 4. The van der Waals surface area contributed by atoms with Crippen molar-refractivity contribution in [2.45, 2.75) is 363 Å². The van der Waals surface area contributed by atoms with Gasteiger partial charge < -0.3 is 33.8 Å². The molecule has 0 fully saturated rings. The predicted molar refractivity (Wildman–Crippen MR) is 358 cm³/mol. The first-order valence-electron chi connectivity index (χ1n) is 36.3. The number of unbranched alkanes of at least 4 members (excludes halogenated alkanes) is 31. The van der Waals surface area contributed by atoms with E-state index in [1.807, 2.05) is 0 Å². The standard InChI is InChI=1S/C70H136O17P2/c1-9-62(7)48-40-32-26-28-35-43-51-68(73)81-57-66(87-70(75)53-45-37-29-27-33-41-49-63(8)10-2)59-85-89(78,79)83-55-64(71)54-82-88(76,77)84-58-65(86-69(74)52-44-36-25-21-17-13-15-19-23-31-39-47-61(5)6)56-80-67(72)50-42-34-24-20-16-12-11-14-18-22-30-38-46-60(3)4/h60-66,71H,9-59H2,1-8H3,(H,76,77)(H,78,79)/t62?,63?,64-,65-,66-/m1/s1. The highest BCUT2D eigenvalue weighted by molar-refractivity contribution is 7.47. The van der Waals surface area contributed by atoms with Gasteiger partial charge in [0.15, 0.2) is 12.2 Å². The first-order chi connectivity index (χ1) is 42.7. The van der Waals surface area contributed by atoms with Gasteiger partial charge >= 0.3 is 39.5 Å². The van der Waals surface area contributed by atoms with Gasteiger partial charge in [0.05, 0.1) is 26.4 Å². The van der Waals surface area contributed by atoms with Gasteiger partial charge in [-0.3, -0.25) is 37.3 Å². The van der Waals surface area contributed by atoms with Crippen LogP contribution < -0.4 is 0 Å². The number of carbonyl (C=O) groups excluding carboxylic acids is 4. The van der Waals surface area contributed by atoms with E-state index in [4.69, 9.17) is 37.0 Å². The molecule has 89 heavy (non-hydrogen) atoms. The van der Waals surface area contributed by atoms with E-state index in [0.717, 1.165) is 120 Å². The topological polar surface area (TPSA) is 237 Å². The number of aliphatic hydroxyl groups is 1. The van der Waals surface area contributed by atoms with E-state index in [1.165, 1.54) is 141 Å². The molecule has 0 aromatic heterocycles. The van der Waals surface area contributed by atoms with Crippen molar-refractivity contribution < 1.29 is 80.2 Å². The van der Waals surface area contributed by atoms with Crippen molar-refractivity contribution in [2.75, 3.05) is 39.6 Å². The molecule has 0 saturated heterocycles. The van der Waals surface area contributed by atoms with E-state index in [0.29, 0.717) is 25.7 Å². The summed E-state index contributed by atoms with van der Waals surface area (Å²) in [5.74, 6) is 0.866. The van der Waals surface area contributed by atoms with Gasteiger partial charge in [-0.25, -0.2) is 9.13 Å². The first-order valence-corrected chi connectivity index (χ1v) is 39.3. The van der Waals surface area contributed by atoms with Gasteiger partial charge in [0.1, 0.15) is 19.3 Å². The molecule has 0 heterocycles. The summed E-state index contributed by atoms with van der Waals surface area (Å²) in [5.41, 5.74) is 0. The van der Waals surface area contributed by atoms with E-state index in [1.54, 1.807) is 0 Å². The van der Waals surface area contributed by atoms with Crippen LogP contribution in [0, 0.1) is 23.7 Å². The van der Waals surface area contributed by atoms with E-state index in [2.05, 4.69) is 55.4 Å². The Morgan fingerprint density at radius 2 is 0.539 bits per heavy atom. The molecule has 0 aliphatic carbocycles. The molecule has 0 spiro atoms. The number of ether oxygens (including phenoxy) is 4. The fourth-order valence-corrected chi connectivity index (χ4v) is 12.0. The lowest BCUT2D eigenvalue weighted by molar-refractivity contribution is -0.161. The summed E-state index contributed by atoms with van der Waals surface area (Å²) < 4.78 is 68.3. The lowest BCUT2D eigenvalue weighted by Gasteiger charge is -2.21. The predicted octanol–water partition coefficient (Wildman–Crippen LogP) is 19.7. The molecule has 0 saturated carbocycles. The molecule has 0 aliphatic heterocycles. The van der Waals surface area contributed by atoms with Gasteiger partial charge in [0.25, 0.3) is 0 Å². The second kappa shape index (κ2) is 59.8. The van der Waals surface area contributed by atoms with Gasteiger partial charge in [-0.15, -0.1) is 0 Å². The maximum Gasteiger partial charge on any atom is 0.472 e. The van der Waals surface area contributed by atoms with E-state index in [-0.39, 0.29) is 25.7 Å². The second-order valence-corrected chi connectivity index (χ2v) is 29.6. The van der Waals surface area contributed by atoms with Crippen LogP contribution >= 0.6 is 15.6 Å². The van der Waals surface area contributed by atoms with Crippen molar-refractivity contribution in [1.29, 1.82) is 0 Å². The van der Waals surface area contributed by atoms with Crippen molar-refractivity contribution in [3.8, 4) is 0 Å². The van der Waals surface area contributed by atoms with Crippen molar-refractivity contribution in [3.63, 3.8) is 0 Å². The highest BCUT2D eigenvalue weighted by atomic mass is 31.2. The SMILES string of the molecule is CCC(C)CCCCCCCCC(=O)OC[C@H](COP(=O)(O)OC[C@H](O)COP(=O)(O)OC[C@@H](COC(=O)CCCCCCCCCCCCCCC(C)C)OC(=O)CCCCCCCCCCCCCC(C)C)OC(=O)CCCCCCCCC(C)CC. The van der Waals surface area contributed by atoms with Crippen LogP contribution in [0.25, 0.3) is 0 Å². The van der Waals surface area contributed by atoms with Gasteiger partial charge in [-0.2, -0.15) is 0 Å². The number of phosphoric acid groups is 2. The second-order valence-electron chi connectivity index (χ2n) is 26.7. The minimum Gasteiger partial charge on any atom is -0.462 e. The van der Waals surface area contributed by atoms with Crippen LogP contribution in [0.1, 0.15) is 344 Å². The van der Waals surface area contributed by atoms with E-state index in [9.17, 15) is 43.2 Å². The monoisotopic (exact) mass is 1310 g/mol. The Morgan fingerprint density at radius 1 is 0.315 bits per heavy atom. The normalized spacial score (nSPS) is 14.9. The quantitative estimate of drug-likeness (QED) is 0.0222. The number of hydrogen-bond acceptors (Lipinski definition) is 15. The molecule has 0 aromatic carbocycles. The summed E-state index contributed by atoms with van der Waals surface area (Å²) in [4.78, 5) is 72.5. The molecule has 17 nitrogen and oxygen atoms in total. The van der Waals surface area contributed by atoms with E-state index < -0.39 is 97.5 Å². The average molecular weight is 1310 g/mol. The van der Waals surface area contributed by atoms with Crippen molar-refractivity contribution in [1.82, 2.24) is 0 Å². The van der Waals surface area contributed by atoms with Crippen molar-refractivity contribution in [3.05, 3.63) is 0 Å². The fourth-order valence-electron chi connectivity index (χ4n) is 10.4. The molecule has 0 amide bonds. The third kappa shape index (κ3) is 62.0. The Bertz CT molecular complexity index is 1770. The Kier molecular flexibility index (Phi) is 58.5. The zero-order valence-corrected chi connectivity index (χ0v) is 59.8. The van der Waals surface area contributed by atoms with Crippen LogP contribution in [0.3, 0.4) is 0 Å². The summed E-state index contributed by atoms with van der Waals surface area (Å²) in [6, 6.07) is 0. The molecular formula is C70H136O17P2. The third-order valence-corrected chi connectivity index (χ3v) is 18.7. The molecule has 0 aromatic rings. The lowest BCUT2D eigenvalue weighted by Crippen LogP contribution is -2.30. The number of phosphoric ester groups is 2. The molecule has 0 bridgehead atoms. The molecule has 0 rings (SSSR count). The lowest BCUT2D eigenvalue weighted by atomic mass is 10.00. The maximum atomic E-state index is 13.0. The Hall–Kier alpha value is -1.94. The first kappa shape index (κ1) is 87.1. The summed E-state index contributed by atoms with van der Waals surface area (Å²) in [6.07, 6.45) is 41.7. The van der Waals surface area contributed by atoms with Crippen LogP contribution in [0.15, 0.2) is 0 Å². The summed E-state index contributed by atoms with van der Waals surface area (Å²) in [6.45, 7) is 14.1. The maximum absolute atomic E-state index is 13.0. The summed E-state index contributed by atoms with van der Waals surface area (Å²) in [5, 5.41) is 10.6. The molecule has 19 heteroatoms. The zero-order chi connectivity index (χ0) is 66.1. The highest BCUT2D eigenvalue weighted by Gasteiger charge is 2.30. The Labute approximate surface area is 543 Å². The molecule has 0 radical (unpaired) electrons. The van der Waals surface area contributed by atoms with Crippen LogP contribution in [0.5, 0.6) is 0 Å². The van der Waals surface area contributed by atoms with E-state index >= 15 is 0 Å². The number of esters is 4. The van der Waals surface area contributed by atoms with Crippen LogP contribution in [0.2, 0.25) is 0 Å². The van der Waals surface area contributed by atoms with Crippen molar-refractivity contribution >= 4 is 39.5 Å². The van der Waals surface area contributed by atoms with Gasteiger partial charge in [-0.05, 0) is 49.4 Å². The van der Waals surface area contributed by atoms with Gasteiger partial charge in [0.2, 0.25) is 0 Å². The van der Waals surface area contributed by atoms with Crippen LogP contribution in [0.4, 0.5) is 0 Å². The van der Waals surface area contributed by atoms with Crippen LogP contribution in [-0.2, 0) is 65.4 Å². The Balaban J connectivity index is 5.26. The summed E-state index contributed by atoms with van der Waals surface area (Å²) in [7, 11) is -9.90. The van der Waals surface area contributed by atoms with Gasteiger partial charge in [-0.1, -0.05) is 293 Å². The largest absolute Gasteiger partial charge is 0.472 e. The zero-order valence-electron chi connectivity index (χ0n) is 58.1. The minimum absolute atomic E-state index is 0.102. The molecular weight excluding hydrogens is 1170 g/mol. The van der Waals surface area contributed by atoms with Crippen LogP contribution in [-0.4, -0.2) is 96.7 Å². The smallest absolute Gasteiger partial charge is 0.462 e. The van der Waals surface area contributed by atoms with Crippen molar-refractivity contribution in [2.24, 2.45) is 23.7 Å².